The maximum absolute atomic E-state index is 9.66. The molecule has 16 heavy (non-hydrogen) atoms. The van der Waals surface area contributed by atoms with E-state index in [2.05, 4.69) is 10.1 Å². The van der Waals surface area contributed by atoms with E-state index in [0.29, 0.717) is 24.8 Å². The van der Waals surface area contributed by atoms with Crippen LogP contribution >= 0.6 is 0 Å². The normalized spacial score (nSPS) is 19.9. The van der Waals surface area contributed by atoms with Gasteiger partial charge in [0.1, 0.15) is 6.10 Å². The summed E-state index contributed by atoms with van der Waals surface area (Å²) >= 11 is 0. The molecule has 0 amide bonds. The third-order valence-corrected chi connectivity index (χ3v) is 3.15. The number of nitrogens with two attached hydrogens (primary N) is 1. The summed E-state index contributed by atoms with van der Waals surface area (Å²) in [5, 5.41) is 13.6. The van der Waals surface area contributed by atoms with Crippen LogP contribution in [-0.4, -0.2) is 21.8 Å². The molecule has 1 aliphatic rings. The Balaban J connectivity index is 2.00. The van der Waals surface area contributed by atoms with Crippen molar-refractivity contribution in [3.63, 3.8) is 0 Å². The van der Waals surface area contributed by atoms with Crippen LogP contribution in [0.2, 0.25) is 0 Å². The molecule has 1 fully saturated rings. The summed E-state index contributed by atoms with van der Waals surface area (Å²) in [4.78, 5) is 4.27. The first-order valence-corrected chi connectivity index (χ1v) is 6.03. The Morgan fingerprint density at radius 1 is 1.38 bits per heavy atom. The predicted octanol–water partition coefficient (Wildman–Crippen LogP) is 1.50. The van der Waals surface area contributed by atoms with Crippen molar-refractivity contribution in [3.8, 4) is 0 Å². The lowest BCUT2D eigenvalue weighted by molar-refractivity contribution is 0.127. The standard InChI is InChI=1S/C11H19N3O2/c12-7-6-9(15)11-13-10(14-16-11)8-4-2-1-3-5-8/h8-9,15H,1-7,12H2/t9-/m0/s1. The highest BCUT2D eigenvalue weighted by molar-refractivity contribution is 4.98. The molecule has 0 aromatic carbocycles. The predicted molar refractivity (Wildman–Crippen MR) is 58.8 cm³/mol. The lowest BCUT2D eigenvalue weighted by Crippen LogP contribution is -2.08. The Morgan fingerprint density at radius 2 is 2.12 bits per heavy atom. The van der Waals surface area contributed by atoms with E-state index < -0.39 is 6.10 Å². The third-order valence-electron chi connectivity index (χ3n) is 3.15. The summed E-state index contributed by atoms with van der Waals surface area (Å²) < 4.78 is 5.07. The van der Waals surface area contributed by atoms with Crippen molar-refractivity contribution in [3.05, 3.63) is 11.7 Å². The van der Waals surface area contributed by atoms with Gasteiger partial charge in [-0.15, -0.1) is 0 Å². The molecule has 3 N–H and O–H groups in total. The first kappa shape index (κ1) is 11.5. The summed E-state index contributed by atoms with van der Waals surface area (Å²) in [6, 6.07) is 0. The molecule has 2 rings (SSSR count). The molecule has 0 saturated heterocycles. The topological polar surface area (TPSA) is 85.2 Å². The summed E-state index contributed by atoms with van der Waals surface area (Å²) in [6.07, 6.45) is 5.79. The van der Waals surface area contributed by atoms with Crippen LogP contribution in [0.5, 0.6) is 0 Å². The Hall–Kier alpha value is -0.940. The van der Waals surface area contributed by atoms with Gasteiger partial charge >= 0.3 is 0 Å². The van der Waals surface area contributed by atoms with Crippen molar-refractivity contribution in [1.82, 2.24) is 10.1 Å². The minimum atomic E-state index is -0.713. The fourth-order valence-corrected chi connectivity index (χ4v) is 2.19. The number of rotatable bonds is 4. The van der Waals surface area contributed by atoms with E-state index in [0.717, 1.165) is 18.7 Å². The van der Waals surface area contributed by atoms with E-state index >= 15 is 0 Å². The van der Waals surface area contributed by atoms with Crippen molar-refractivity contribution in [2.24, 2.45) is 5.73 Å². The molecule has 1 heterocycles. The second-order valence-electron chi connectivity index (χ2n) is 4.42. The molecule has 0 spiro atoms. The van der Waals surface area contributed by atoms with Gasteiger partial charge < -0.3 is 15.4 Å². The van der Waals surface area contributed by atoms with Gasteiger partial charge in [0, 0.05) is 5.92 Å². The minimum Gasteiger partial charge on any atom is -0.383 e. The minimum absolute atomic E-state index is 0.311. The van der Waals surface area contributed by atoms with E-state index in [1.807, 2.05) is 0 Å². The maximum Gasteiger partial charge on any atom is 0.255 e. The number of aliphatic hydroxyl groups excluding tert-OH is 1. The summed E-state index contributed by atoms with van der Waals surface area (Å²) in [5.41, 5.74) is 5.37. The average Bonchev–Trinajstić information content (AvgIpc) is 2.80. The number of aromatic nitrogens is 2. The number of hydrogen-bond donors (Lipinski definition) is 2. The molecular weight excluding hydrogens is 206 g/mol. The van der Waals surface area contributed by atoms with Crippen LogP contribution in [0.4, 0.5) is 0 Å². The summed E-state index contributed by atoms with van der Waals surface area (Å²) in [6.45, 7) is 0.419. The molecule has 1 saturated carbocycles. The molecule has 1 aromatic heterocycles. The zero-order valence-electron chi connectivity index (χ0n) is 9.43. The van der Waals surface area contributed by atoms with Crippen LogP contribution in [0, 0.1) is 0 Å². The van der Waals surface area contributed by atoms with Crippen LogP contribution < -0.4 is 5.73 Å². The molecule has 1 aliphatic carbocycles. The van der Waals surface area contributed by atoms with Crippen LogP contribution in [-0.2, 0) is 0 Å². The highest BCUT2D eigenvalue weighted by Gasteiger charge is 2.22. The van der Waals surface area contributed by atoms with Gasteiger partial charge in [-0.25, -0.2) is 0 Å². The Bertz CT molecular complexity index is 321. The maximum atomic E-state index is 9.66. The molecular formula is C11H19N3O2. The van der Waals surface area contributed by atoms with E-state index in [1.165, 1.54) is 19.3 Å². The second-order valence-corrected chi connectivity index (χ2v) is 4.42. The van der Waals surface area contributed by atoms with Crippen LogP contribution in [0.3, 0.4) is 0 Å². The smallest absolute Gasteiger partial charge is 0.255 e. The highest BCUT2D eigenvalue weighted by Crippen LogP contribution is 2.31. The van der Waals surface area contributed by atoms with Gasteiger partial charge in [0.15, 0.2) is 5.82 Å². The second kappa shape index (κ2) is 5.41. The van der Waals surface area contributed by atoms with Gasteiger partial charge in [0.05, 0.1) is 0 Å². The van der Waals surface area contributed by atoms with Crippen molar-refractivity contribution in [1.29, 1.82) is 0 Å². The number of nitrogens with zero attached hydrogens (tertiary/aromatic N) is 2. The zero-order chi connectivity index (χ0) is 11.4. The van der Waals surface area contributed by atoms with Crippen LogP contribution in [0.15, 0.2) is 4.52 Å². The van der Waals surface area contributed by atoms with Gasteiger partial charge in [-0.2, -0.15) is 4.98 Å². The number of aliphatic hydroxyl groups is 1. The van der Waals surface area contributed by atoms with Crippen LogP contribution in [0.25, 0.3) is 0 Å². The fraction of sp³-hybridized carbons (Fsp3) is 0.818. The largest absolute Gasteiger partial charge is 0.383 e. The van der Waals surface area contributed by atoms with Gasteiger partial charge in [-0.1, -0.05) is 24.4 Å². The molecule has 1 aromatic rings. The molecule has 90 valence electrons. The Labute approximate surface area is 95.0 Å². The van der Waals surface area contributed by atoms with E-state index in [1.54, 1.807) is 0 Å². The van der Waals surface area contributed by atoms with Crippen molar-refractivity contribution in [2.45, 2.75) is 50.5 Å². The van der Waals surface area contributed by atoms with Gasteiger partial charge in [0.25, 0.3) is 5.89 Å². The van der Waals surface area contributed by atoms with Crippen molar-refractivity contribution < 1.29 is 9.63 Å². The first-order chi connectivity index (χ1) is 7.81. The molecule has 1 atom stereocenters. The Kier molecular flexibility index (Phi) is 3.90. The lowest BCUT2D eigenvalue weighted by atomic mass is 9.89. The highest BCUT2D eigenvalue weighted by atomic mass is 16.5. The summed E-state index contributed by atoms with van der Waals surface area (Å²) in [7, 11) is 0. The molecule has 5 heteroatoms. The molecule has 0 radical (unpaired) electrons. The van der Waals surface area contributed by atoms with Gasteiger partial charge in [0.2, 0.25) is 0 Å². The Morgan fingerprint density at radius 3 is 2.81 bits per heavy atom. The van der Waals surface area contributed by atoms with Crippen molar-refractivity contribution in [2.75, 3.05) is 6.54 Å². The van der Waals surface area contributed by atoms with Crippen molar-refractivity contribution >= 4 is 0 Å². The van der Waals surface area contributed by atoms with E-state index in [-0.39, 0.29) is 0 Å². The SMILES string of the molecule is NCC[C@H](O)c1nc(C2CCCCC2)no1. The molecule has 0 unspecified atom stereocenters. The third kappa shape index (κ3) is 2.59. The quantitative estimate of drug-likeness (QED) is 0.811. The number of hydrogen-bond acceptors (Lipinski definition) is 5. The molecule has 0 aliphatic heterocycles. The van der Waals surface area contributed by atoms with Gasteiger partial charge in [-0.05, 0) is 25.8 Å². The average molecular weight is 225 g/mol. The molecule has 0 bridgehead atoms. The van der Waals surface area contributed by atoms with E-state index in [4.69, 9.17) is 10.3 Å². The monoisotopic (exact) mass is 225 g/mol. The van der Waals surface area contributed by atoms with Gasteiger partial charge in [-0.3, -0.25) is 0 Å². The lowest BCUT2D eigenvalue weighted by Gasteiger charge is -2.17. The first-order valence-electron chi connectivity index (χ1n) is 6.03. The van der Waals surface area contributed by atoms with E-state index in [9.17, 15) is 5.11 Å². The fourth-order valence-electron chi connectivity index (χ4n) is 2.19. The zero-order valence-corrected chi connectivity index (χ0v) is 9.43. The van der Waals surface area contributed by atoms with Crippen LogP contribution in [0.1, 0.15) is 62.3 Å². The molecule has 5 nitrogen and oxygen atoms in total. The summed E-state index contributed by atoms with van der Waals surface area (Å²) in [5.74, 6) is 1.48.